The Kier molecular flexibility index (Phi) is 7.16. The van der Waals surface area contributed by atoms with E-state index in [1.54, 1.807) is 0 Å². The lowest BCUT2D eigenvalue weighted by Crippen LogP contribution is -2.39. The number of nitrogens with one attached hydrogen (secondary N) is 2. The van der Waals surface area contributed by atoms with Crippen LogP contribution in [0.1, 0.15) is 33.1 Å². The monoisotopic (exact) mass is 428 g/mol. The van der Waals surface area contributed by atoms with Gasteiger partial charge in [0.25, 0.3) is 0 Å². The Morgan fingerprint density at radius 2 is 2.04 bits per heavy atom. The van der Waals surface area contributed by atoms with Gasteiger partial charge in [-0.2, -0.15) is 0 Å². The van der Waals surface area contributed by atoms with Crippen molar-refractivity contribution in [1.82, 2.24) is 10.0 Å². The van der Waals surface area contributed by atoms with Crippen LogP contribution < -0.4 is 10.0 Å². The number of carbonyl (C=O) groups is 1. The predicted octanol–water partition coefficient (Wildman–Crippen LogP) is 2.51. The minimum Gasteiger partial charge on any atom is -0.465 e. The van der Waals surface area contributed by atoms with Crippen LogP contribution in [0, 0.1) is 12.7 Å². The highest BCUT2D eigenvalue weighted by Gasteiger charge is 2.25. The molecular weight excluding hydrogens is 407 g/mol. The Morgan fingerprint density at radius 3 is 2.75 bits per heavy atom. The Morgan fingerprint density at radius 1 is 1.32 bits per heavy atom. The van der Waals surface area contributed by atoms with Crippen molar-refractivity contribution in [2.24, 2.45) is 0 Å². The Labute approximate surface area is 169 Å². The molecule has 0 saturated carbocycles. The smallest absolute Gasteiger partial charge is 0.337 e. The second kappa shape index (κ2) is 9.00. The van der Waals surface area contributed by atoms with Crippen LogP contribution in [0.25, 0.3) is 0 Å². The minimum absolute atomic E-state index is 0. The molecule has 0 aromatic heterocycles. The van der Waals surface area contributed by atoms with Crippen molar-refractivity contribution in [2.75, 3.05) is 20.2 Å². The highest BCUT2D eigenvalue weighted by atomic mass is 35.5. The fourth-order valence-corrected chi connectivity index (χ4v) is 4.54. The standard InChI is InChI=1S/C19H21FN2O4S.ClH/c1-12-16(20)9-14(19(23)26-2)10-18(12)27(24,25)22-11-17-15-6-4-3-5-13(15)7-8-21-17;/h3-6,9-10,17,21-22H,7-8,11H2,1-2H3;1H. The number of benzene rings is 2. The van der Waals surface area contributed by atoms with E-state index in [2.05, 4.69) is 14.8 Å². The zero-order chi connectivity index (χ0) is 19.6. The van der Waals surface area contributed by atoms with Gasteiger partial charge in [-0.05, 0) is 43.1 Å². The molecule has 1 aliphatic heterocycles. The summed E-state index contributed by atoms with van der Waals surface area (Å²) in [6, 6.07) is 9.77. The van der Waals surface area contributed by atoms with E-state index in [9.17, 15) is 17.6 Å². The van der Waals surface area contributed by atoms with Gasteiger partial charge in [0, 0.05) is 18.2 Å². The molecule has 1 atom stereocenters. The quantitative estimate of drug-likeness (QED) is 0.715. The molecule has 3 rings (SSSR count). The summed E-state index contributed by atoms with van der Waals surface area (Å²) >= 11 is 0. The average Bonchev–Trinajstić information content (AvgIpc) is 2.67. The molecule has 0 fully saturated rings. The van der Waals surface area contributed by atoms with Crippen LogP contribution in [0.5, 0.6) is 0 Å². The molecule has 9 heteroatoms. The van der Waals surface area contributed by atoms with Crippen molar-refractivity contribution in [3.63, 3.8) is 0 Å². The van der Waals surface area contributed by atoms with Gasteiger partial charge >= 0.3 is 5.97 Å². The predicted molar refractivity (Wildman–Crippen MR) is 106 cm³/mol. The van der Waals surface area contributed by atoms with Crippen molar-refractivity contribution in [3.05, 3.63) is 64.5 Å². The van der Waals surface area contributed by atoms with Crippen molar-refractivity contribution < 1.29 is 22.3 Å². The number of halogens is 2. The molecule has 1 unspecified atom stereocenters. The van der Waals surface area contributed by atoms with Gasteiger partial charge in [0.15, 0.2) is 0 Å². The summed E-state index contributed by atoms with van der Waals surface area (Å²) in [5.74, 6) is -1.58. The molecule has 0 bridgehead atoms. The molecule has 152 valence electrons. The van der Waals surface area contributed by atoms with Gasteiger partial charge in [0.1, 0.15) is 5.82 Å². The number of fused-ring (bicyclic) bond motifs is 1. The number of hydrogen-bond acceptors (Lipinski definition) is 5. The first-order chi connectivity index (χ1) is 12.8. The molecule has 0 amide bonds. The van der Waals surface area contributed by atoms with Crippen LogP contribution in [0.4, 0.5) is 4.39 Å². The Balaban J connectivity index is 0.00000280. The van der Waals surface area contributed by atoms with Gasteiger partial charge in [-0.15, -0.1) is 12.4 Å². The molecule has 2 aromatic carbocycles. The third kappa shape index (κ3) is 4.52. The van der Waals surface area contributed by atoms with Gasteiger partial charge < -0.3 is 10.1 Å². The molecule has 0 aliphatic carbocycles. The molecular formula is C19H22ClFN2O4S. The van der Waals surface area contributed by atoms with Crippen LogP contribution in [0.3, 0.4) is 0 Å². The molecule has 0 spiro atoms. The summed E-state index contributed by atoms with van der Waals surface area (Å²) in [4.78, 5) is 11.4. The van der Waals surface area contributed by atoms with Crippen LogP contribution >= 0.6 is 12.4 Å². The van der Waals surface area contributed by atoms with Crippen molar-refractivity contribution >= 4 is 28.4 Å². The molecule has 1 heterocycles. The summed E-state index contributed by atoms with van der Waals surface area (Å²) in [5.41, 5.74) is 2.02. The maximum absolute atomic E-state index is 14.1. The largest absolute Gasteiger partial charge is 0.465 e. The lowest BCUT2D eigenvalue weighted by molar-refractivity contribution is 0.0600. The van der Waals surface area contributed by atoms with Crippen molar-refractivity contribution in [3.8, 4) is 0 Å². The topological polar surface area (TPSA) is 84.5 Å². The zero-order valence-electron chi connectivity index (χ0n) is 15.5. The minimum atomic E-state index is -4.02. The highest BCUT2D eigenvalue weighted by molar-refractivity contribution is 7.89. The van der Waals surface area contributed by atoms with E-state index < -0.39 is 21.8 Å². The van der Waals surface area contributed by atoms with Crippen LogP contribution in [0.2, 0.25) is 0 Å². The number of carbonyl (C=O) groups excluding carboxylic acids is 1. The SMILES string of the molecule is COC(=O)c1cc(F)c(C)c(S(=O)(=O)NCC2NCCc3ccccc32)c1.Cl. The summed E-state index contributed by atoms with van der Waals surface area (Å²) in [6.45, 7) is 2.22. The second-order valence-electron chi connectivity index (χ2n) is 6.38. The lowest BCUT2D eigenvalue weighted by Gasteiger charge is -2.27. The van der Waals surface area contributed by atoms with Crippen LogP contribution in [-0.2, 0) is 21.2 Å². The normalized spacial score (nSPS) is 16.0. The van der Waals surface area contributed by atoms with Crippen LogP contribution in [0.15, 0.2) is 41.3 Å². The Hall–Kier alpha value is -2.00. The van der Waals surface area contributed by atoms with E-state index in [0.29, 0.717) is 0 Å². The number of hydrogen-bond donors (Lipinski definition) is 2. The first-order valence-electron chi connectivity index (χ1n) is 8.53. The fourth-order valence-electron chi connectivity index (χ4n) is 3.21. The zero-order valence-corrected chi connectivity index (χ0v) is 17.1. The fraction of sp³-hybridized carbons (Fsp3) is 0.316. The van der Waals surface area contributed by atoms with Gasteiger partial charge in [-0.25, -0.2) is 22.3 Å². The number of rotatable bonds is 5. The van der Waals surface area contributed by atoms with Gasteiger partial charge in [0.05, 0.1) is 17.6 Å². The molecule has 2 aromatic rings. The summed E-state index contributed by atoms with van der Waals surface area (Å²) < 4.78 is 46.8. The summed E-state index contributed by atoms with van der Waals surface area (Å²) in [5, 5.41) is 3.29. The lowest BCUT2D eigenvalue weighted by atomic mass is 9.95. The molecule has 1 aliphatic rings. The summed E-state index contributed by atoms with van der Waals surface area (Å²) in [6.07, 6.45) is 0.880. The van der Waals surface area contributed by atoms with Crippen molar-refractivity contribution in [2.45, 2.75) is 24.3 Å². The first-order valence-corrected chi connectivity index (χ1v) is 10.0. The molecule has 0 saturated heterocycles. The first kappa shape index (κ1) is 22.3. The van der Waals surface area contributed by atoms with E-state index in [-0.39, 0.29) is 41.0 Å². The molecule has 2 N–H and O–H groups in total. The number of methoxy groups -OCH3 is 1. The Bertz CT molecular complexity index is 982. The third-order valence-electron chi connectivity index (χ3n) is 4.70. The molecule has 28 heavy (non-hydrogen) atoms. The maximum Gasteiger partial charge on any atom is 0.337 e. The number of esters is 1. The van der Waals surface area contributed by atoms with E-state index in [0.717, 1.165) is 37.8 Å². The number of sulfonamides is 1. The molecule has 0 radical (unpaired) electrons. The van der Waals surface area contributed by atoms with Gasteiger partial charge in [-0.3, -0.25) is 0 Å². The third-order valence-corrected chi connectivity index (χ3v) is 6.25. The second-order valence-corrected chi connectivity index (χ2v) is 8.12. The van der Waals surface area contributed by atoms with E-state index in [1.165, 1.54) is 12.5 Å². The van der Waals surface area contributed by atoms with Crippen molar-refractivity contribution in [1.29, 1.82) is 0 Å². The average molecular weight is 429 g/mol. The molecule has 6 nitrogen and oxygen atoms in total. The number of ether oxygens (including phenoxy) is 1. The summed E-state index contributed by atoms with van der Waals surface area (Å²) in [7, 11) is -2.87. The van der Waals surface area contributed by atoms with E-state index in [4.69, 9.17) is 0 Å². The van der Waals surface area contributed by atoms with E-state index >= 15 is 0 Å². The highest BCUT2D eigenvalue weighted by Crippen LogP contribution is 2.24. The van der Waals surface area contributed by atoms with Gasteiger partial charge in [-0.1, -0.05) is 24.3 Å². The van der Waals surface area contributed by atoms with Crippen LogP contribution in [-0.4, -0.2) is 34.6 Å². The van der Waals surface area contributed by atoms with E-state index in [1.807, 2.05) is 24.3 Å². The maximum atomic E-state index is 14.1. The van der Waals surface area contributed by atoms with Gasteiger partial charge in [0.2, 0.25) is 10.0 Å².